The van der Waals surface area contributed by atoms with Gasteiger partial charge in [0, 0.05) is 22.8 Å². The molecule has 5 nitrogen and oxygen atoms in total. The Morgan fingerprint density at radius 1 is 1.12 bits per heavy atom. The van der Waals surface area contributed by atoms with E-state index in [0.29, 0.717) is 0 Å². The van der Waals surface area contributed by atoms with Gasteiger partial charge in [-0.15, -0.1) is 0 Å². The minimum Gasteiger partial charge on any atom is -0.362 e. The van der Waals surface area contributed by atoms with Crippen molar-refractivity contribution < 1.29 is 9.59 Å². The van der Waals surface area contributed by atoms with Gasteiger partial charge in [-0.1, -0.05) is 46.3 Å². The molecule has 3 rings (SSSR count). The number of rotatable bonds is 4. The number of benzene rings is 2. The molecular weight excluding hydrogens is 394 g/mol. The molecule has 0 aromatic heterocycles. The van der Waals surface area contributed by atoms with Crippen LogP contribution in [0.4, 0.5) is 5.69 Å². The number of fused-ring (bicyclic) bond motifs is 1. The number of hydrogen-bond donors (Lipinski definition) is 2. The zero-order chi connectivity index (χ0) is 18.4. The summed E-state index contributed by atoms with van der Waals surface area (Å²) in [4.78, 5) is 26.0. The third-order valence-corrected chi connectivity index (χ3v) is 4.64. The van der Waals surface area contributed by atoms with E-state index in [0.717, 1.165) is 35.1 Å². The van der Waals surface area contributed by atoms with Crippen LogP contribution in [-0.2, 0) is 16.0 Å². The Balaban J connectivity index is 1.49. The van der Waals surface area contributed by atoms with E-state index in [-0.39, 0.29) is 18.4 Å². The van der Waals surface area contributed by atoms with Crippen LogP contribution < -0.4 is 15.8 Å². The van der Waals surface area contributed by atoms with Crippen LogP contribution >= 0.6 is 15.9 Å². The fraction of sp³-hybridized carbons (Fsp3) is 0.200. The second-order valence-electron chi connectivity index (χ2n) is 6.08. The Bertz CT molecular complexity index is 835. The third kappa shape index (κ3) is 4.95. The van der Waals surface area contributed by atoms with Crippen LogP contribution in [0.2, 0.25) is 0 Å². The number of hydrazine groups is 1. The van der Waals surface area contributed by atoms with E-state index in [9.17, 15) is 9.59 Å². The van der Waals surface area contributed by atoms with E-state index in [1.807, 2.05) is 47.4 Å². The highest BCUT2D eigenvalue weighted by molar-refractivity contribution is 9.10. The highest BCUT2D eigenvalue weighted by Crippen LogP contribution is 2.26. The highest BCUT2D eigenvalue weighted by atomic mass is 79.9. The van der Waals surface area contributed by atoms with E-state index in [1.54, 1.807) is 6.08 Å². The highest BCUT2D eigenvalue weighted by Gasteiger charge is 2.18. The lowest BCUT2D eigenvalue weighted by atomic mass is 10.0. The predicted molar refractivity (Wildman–Crippen MR) is 106 cm³/mol. The standard InChI is InChI=1S/C20H20BrN3O2/c21-17-8-3-5-15(13-17)10-11-19(25)22-23-20(26)14-24-12-4-7-16-6-1-2-9-18(16)24/h1-3,5-6,8-11,13H,4,7,12,14H2,(H,22,25)(H,23,26)/b11-10+. The zero-order valence-corrected chi connectivity index (χ0v) is 15.8. The topological polar surface area (TPSA) is 61.4 Å². The Labute approximate surface area is 161 Å². The summed E-state index contributed by atoms with van der Waals surface area (Å²) in [7, 11) is 0. The Morgan fingerprint density at radius 2 is 1.96 bits per heavy atom. The largest absolute Gasteiger partial charge is 0.362 e. The molecule has 2 aromatic carbocycles. The fourth-order valence-electron chi connectivity index (χ4n) is 2.94. The summed E-state index contributed by atoms with van der Waals surface area (Å²) in [5.74, 6) is -0.622. The molecule has 2 amide bonds. The summed E-state index contributed by atoms with van der Waals surface area (Å²) >= 11 is 3.38. The van der Waals surface area contributed by atoms with Crippen molar-refractivity contribution in [3.8, 4) is 0 Å². The Kier molecular flexibility index (Phi) is 6.07. The number of amides is 2. The number of aryl methyl sites for hydroxylation is 1. The number of nitrogens with one attached hydrogen (secondary N) is 2. The molecule has 0 unspecified atom stereocenters. The van der Waals surface area contributed by atoms with Crippen molar-refractivity contribution in [3.63, 3.8) is 0 Å². The van der Waals surface area contributed by atoms with Gasteiger partial charge in [0.2, 0.25) is 0 Å². The normalized spacial score (nSPS) is 13.3. The summed E-state index contributed by atoms with van der Waals surface area (Å²) in [6, 6.07) is 15.7. The molecule has 134 valence electrons. The summed E-state index contributed by atoms with van der Waals surface area (Å²) in [5.41, 5.74) is 8.13. The fourth-order valence-corrected chi connectivity index (χ4v) is 3.36. The maximum atomic E-state index is 12.1. The molecule has 0 saturated heterocycles. The van der Waals surface area contributed by atoms with E-state index in [4.69, 9.17) is 0 Å². The van der Waals surface area contributed by atoms with Crippen LogP contribution in [0, 0.1) is 0 Å². The maximum absolute atomic E-state index is 12.1. The first-order valence-electron chi connectivity index (χ1n) is 8.47. The van der Waals surface area contributed by atoms with Gasteiger partial charge in [0.15, 0.2) is 0 Å². The summed E-state index contributed by atoms with van der Waals surface area (Å²) < 4.78 is 0.940. The van der Waals surface area contributed by atoms with Crippen LogP contribution in [0.5, 0.6) is 0 Å². The SMILES string of the molecule is O=C(/C=C/c1cccc(Br)c1)NNC(=O)CN1CCCc2ccccc21. The van der Waals surface area contributed by atoms with Gasteiger partial charge in [-0.3, -0.25) is 20.4 Å². The third-order valence-electron chi connectivity index (χ3n) is 4.14. The van der Waals surface area contributed by atoms with E-state index in [1.165, 1.54) is 11.6 Å². The molecule has 6 heteroatoms. The molecule has 0 spiro atoms. The van der Waals surface area contributed by atoms with Gasteiger partial charge in [0.25, 0.3) is 11.8 Å². The number of carbonyl (C=O) groups is 2. The summed E-state index contributed by atoms with van der Waals surface area (Å²) in [6.07, 6.45) is 5.13. The first-order chi connectivity index (χ1) is 12.6. The molecule has 2 N–H and O–H groups in total. The average molecular weight is 414 g/mol. The molecule has 1 heterocycles. The van der Waals surface area contributed by atoms with Crippen LogP contribution in [0.15, 0.2) is 59.1 Å². The van der Waals surface area contributed by atoms with Gasteiger partial charge >= 0.3 is 0 Å². The zero-order valence-electron chi connectivity index (χ0n) is 14.2. The lowest BCUT2D eigenvalue weighted by molar-refractivity contribution is -0.125. The van der Waals surface area contributed by atoms with Crippen molar-refractivity contribution in [2.75, 3.05) is 18.0 Å². The number of halogens is 1. The minimum absolute atomic E-state index is 0.215. The first kappa shape index (κ1) is 18.2. The van der Waals surface area contributed by atoms with E-state index < -0.39 is 0 Å². The Morgan fingerprint density at radius 3 is 2.81 bits per heavy atom. The minimum atomic E-state index is -0.377. The van der Waals surface area contributed by atoms with Gasteiger partial charge < -0.3 is 4.90 Å². The monoisotopic (exact) mass is 413 g/mol. The second kappa shape index (κ2) is 8.67. The van der Waals surface area contributed by atoms with Gasteiger partial charge in [-0.25, -0.2) is 0 Å². The second-order valence-corrected chi connectivity index (χ2v) is 7.00. The smallest absolute Gasteiger partial charge is 0.262 e. The molecule has 2 aromatic rings. The van der Waals surface area contributed by atoms with Gasteiger partial charge in [0.05, 0.1) is 6.54 Å². The van der Waals surface area contributed by atoms with Crippen molar-refractivity contribution in [1.29, 1.82) is 0 Å². The molecule has 26 heavy (non-hydrogen) atoms. The van der Waals surface area contributed by atoms with Crippen LogP contribution in [0.25, 0.3) is 6.08 Å². The molecule has 0 fully saturated rings. The van der Waals surface area contributed by atoms with E-state index >= 15 is 0 Å². The predicted octanol–water partition coefficient (Wildman–Crippen LogP) is 3.06. The van der Waals surface area contributed by atoms with Crippen molar-refractivity contribution in [3.05, 3.63) is 70.2 Å². The molecule has 1 aliphatic heterocycles. The summed E-state index contributed by atoms with van der Waals surface area (Å²) in [6.45, 7) is 1.05. The molecule has 0 saturated carbocycles. The van der Waals surface area contributed by atoms with Gasteiger partial charge in [0.1, 0.15) is 0 Å². The van der Waals surface area contributed by atoms with E-state index in [2.05, 4.69) is 32.8 Å². The molecule has 0 atom stereocenters. The number of hydrogen-bond acceptors (Lipinski definition) is 3. The Hall–Kier alpha value is -2.60. The van der Waals surface area contributed by atoms with Crippen molar-refractivity contribution in [2.24, 2.45) is 0 Å². The number of anilines is 1. The quantitative estimate of drug-likeness (QED) is 0.597. The molecular formula is C20H20BrN3O2. The number of para-hydroxylation sites is 1. The number of carbonyl (C=O) groups excluding carboxylic acids is 2. The molecule has 1 aliphatic rings. The average Bonchev–Trinajstić information content (AvgIpc) is 2.65. The maximum Gasteiger partial charge on any atom is 0.262 e. The molecule has 0 bridgehead atoms. The number of nitrogens with zero attached hydrogens (tertiary/aromatic N) is 1. The van der Waals surface area contributed by atoms with Gasteiger partial charge in [-0.05, 0) is 48.2 Å². The molecule has 0 radical (unpaired) electrons. The van der Waals surface area contributed by atoms with Gasteiger partial charge in [-0.2, -0.15) is 0 Å². The van der Waals surface area contributed by atoms with Crippen molar-refractivity contribution in [2.45, 2.75) is 12.8 Å². The molecule has 0 aliphatic carbocycles. The van der Waals surface area contributed by atoms with Crippen LogP contribution in [0.1, 0.15) is 17.5 Å². The summed E-state index contributed by atoms with van der Waals surface area (Å²) in [5, 5.41) is 0. The van der Waals surface area contributed by atoms with Crippen molar-refractivity contribution in [1.82, 2.24) is 10.9 Å². The first-order valence-corrected chi connectivity index (χ1v) is 9.26. The van der Waals surface area contributed by atoms with Crippen LogP contribution in [0.3, 0.4) is 0 Å². The lowest BCUT2D eigenvalue weighted by Gasteiger charge is -2.30. The lowest BCUT2D eigenvalue weighted by Crippen LogP contribution is -2.47. The van der Waals surface area contributed by atoms with Crippen LogP contribution in [-0.4, -0.2) is 24.9 Å². The van der Waals surface area contributed by atoms with Crippen molar-refractivity contribution >= 4 is 39.5 Å².